The van der Waals surface area contributed by atoms with Crippen molar-refractivity contribution >= 4 is 32.7 Å². The molecule has 0 bridgehead atoms. The zero-order valence-corrected chi connectivity index (χ0v) is 12.7. The minimum Gasteiger partial charge on any atom is -0.388 e. The van der Waals surface area contributed by atoms with E-state index in [0.29, 0.717) is 10.6 Å². The van der Waals surface area contributed by atoms with Gasteiger partial charge in [0.25, 0.3) is 10.0 Å². The normalized spacial score (nSPS) is 11.3. The van der Waals surface area contributed by atoms with Crippen molar-refractivity contribution in [3.05, 3.63) is 40.1 Å². The van der Waals surface area contributed by atoms with Gasteiger partial charge in [-0.1, -0.05) is 0 Å². The first-order valence-corrected chi connectivity index (χ1v) is 8.20. The molecule has 0 atom stereocenters. The summed E-state index contributed by atoms with van der Waals surface area (Å²) >= 11 is 1.45. The molecule has 0 aliphatic heterocycles. The largest absolute Gasteiger partial charge is 0.388 e. The molecule has 102 valence electrons. The number of sulfonamides is 1. The number of anilines is 2. The molecule has 0 radical (unpaired) electrons. The zero-order valence-electron chi connectivity index (χ0n) is 11.0. The van der Waals surface area contributed by atoms with Crippen LogP contribution in [0.2, 0.25) is 0 Å². The van der Waals surface area contributed by atoms with Gasteiger partial charge in [0.2, 0.25) is 0 Å². The van der Waals surface area contributed by atoms with Crippen molar-refractivity contribution < 1.29 is 8.42 Å². The fraction of sp³-hybridized carbons (Fsp3) is 0.231. The molecular weight excluding hydrogens is 280 g/mol. The summed E-state index contributed by atoms with van der Waals surface area (Å²) in [6.07, 6.45) is 0. The van der Waals surface area contributed by atoms with E-state index >= 15 is 0 Å². The minimum atomic E-state index is -3.54. The molecule has 1 aromatic carbocycles. The van der Waals surface area contributed by atoms with Crippen molar-refractivity contribution in [2.45, 2.75) is 18.7 Å². The second-order valence-corrected chi connectivity index (χ2v) is 6.71. The van der Waals surface area contributed by atoms with Crippen molar-refractivity contribution in [3.8, 4) is 0 Å². The summed E-state index contributed by atoms with van der Waals surface area (Å²) in [5.74, 6) is 0. The van der Waals surface area contributed by atoms with Crippen molar-refractivity contribution in [2.24, 2.45) is 0 Å². The summed E-state index contributed by atoms with van der Waals surface area (Å²) in [7, 11) is -1.73. The van der Waals surface area contributed by atoms with E-state index in [1.54, 1.807) is 25.3 Å². The molecule has 19 heavy (non-hydrogen) atoms. The van der Waals surface area contributed by atoms with Gasteiger partial charge in [-0.3, -0.25) is 4.72 Å². The van der Waals surface area contributed by atoms with Gasteiger partial charge in [-0.25, -0.2) is 8.42 Å². The molecule has 0 saturated carbocycles. The van der Waals surface area contributed by atoms with Gasteiger partial charge in [-0.15, -0.1) is 0 Å². The predicted molar refractivity (Wildman–Crippen MR) is 80.6 cm³/mol. The third-order valence-electron chi connectivity index (χ3n) is 2.79. The van der Waals surface area contributed by atoms with Crippen LogP contribution in [0.4, 0.5) is 11.4 Å². The predicted octanol–water partition coefficient (Wildman–Crippen LogP) is 3.21. The van der Waals surface area contributed by atoms with Gasteiger partial charge in [0, 0.05) is 18.1 Å². The second kappa shape index (κ2) is 5.22. The van der Waals surface area contributed by atoms with E-state index in [1.165, 1.54) is 11.3 Å². The molecule has 0 spiro atoms. The summed E-state index contributed by atoms with van der Waals surface area (Å²) in [6.45, 7) is 3.60. The average molecular weight is 296 g/mol. The van der Waals surface area contributed by atoms with Crippen LogP contribution in [-0.4, -0.2) is 15.5 Å². The van der Waals surface area contributed by atoms with Gasteiger partial charge in [-0.2, -0.15) is 11.3 Å². The molecular formula is C13H16N2O2S2. The highest BCUT2D eigenvalue weighted by atomic mass is 32.2. The Morgan fingerprint density at radius 1 is 1.11 bits per heavy atom. The van der Waals surface area contributed by atoms with Crippen molar-refractivity contribution in [1.29, 1.82) is 0 Å². The lowest BCUT2D eigenvalue weighted by Gasteiger charge is -2.14. The van der Waals surface area contributed by atoms with Gasteiger partial charge in [0.1, 0.15) is 0 Å². The van der Waals surface area contributed by atoms with Gasteiger partial charge < -0.3 is 5.32 Å². The summed E-state index contributed by atoms with van der Waals surface area (Å²) in [6, 6.07) is 5.40. The van der Waals surface area contributed by atoms with Crippen molar-refractivity contribution in [3.63, 3.8) is 0 Å². The van der Waals surface area contributed by atoms with E-state index in [2.05, 4.69) is 10.0 Å². The van der Waals surface area contributed by atoms with E-state index in [4.69, 9.17) is 0 Å². The fourth-order valence-corrected chi connectivity index (χ4v) is 4.21. The molecule has 2 aromatic rings. The van der Waals surface area contributed by atoms with E-state index in [0.717, 1.165) is 16.8 Å². The first-order valence-electron chi connectivity index (χ1n) is 5.78. The highest BCUT2D eigenvalue weighted by Crippen LogP contribution is 2.26. The Labute approximate surface area is 117 Å². The maximum Gasteiger partial charge on any atom is 0.262 e. The Balaban J connectivity index is 2.46. The van der Waals surface area contributed by atoms with Crippen LogP contribution in [0, 0.1) is 13.8 Å². The highest BCUT2D eigenvalue weighted by Gasteiger charge is 2.20. The molecule has 0 amide bonds. The molecule has 0 aliphatic carbocycles. The second-order valence-electron chi connectivity index (χ2n) is 4.31. The molecule has 0 saturated heterocycles. The van der Waals surface area contributed by atoms with Gasteiger partial charge in [0.05, 0.1) is 10.6 Å². The first-order chi connectivity index (χ1) is 8.94. The lowest BCUT2D eigenvalue weighted by atomic mass is 10.1. The standard InChI is InChI=1S/C13H16N2O2S2/c1-9-6-12(14-3)7-10(2)13(9)19(16,17)15-11-4-5-18-8-11/h4-8,14-15H,1-3H3. The molecule has 0 fully saturated rings. The van der Waals surface area contributed by atoms with Crippen LogP contribution < -0.4 is 10.0 Å². The van der Waals surface area contributed by atoms with Crippen molar-refractivity contribution in [2.75, 3.05) is 17.1 Å². The average Bonchev–Trinajstić information content (AvgIpc) is 2.79. The molecule has 6 heteroatoms. The number of benzene rings is 1. The van der Waals surface area contributed by atoms with Gasteiger partial charge in [-0.05, 0) is 48.6 Å². The number of thiophene rings is 1. The van der Waals surface area contributed by atoms with Crippen LogP contribution in [-0.2, 0) is 10.0 Å². The van der Waals surface area contributed by atoms with Crippen LogP contribution in [0.25, 0.3) is 0 Å². The minimum absolute atomic E-state index is 0.345. The quantitative estimate of drug-likeness (QED) is 0.911. The molecule has 1 aromatic heterocycles. The zero-order chi connectivity index (χ0) is 14.0. The summed E-state index contributed by atoms with van der Waals surface area (Å²) in [5.41, 5.74) is 2.96. The number of hydrogen-bond donors (Lipinski definition) is 2. The van der Waals surface area contributed by atoms with Gasteiger partial charge >= 0.3 is 0 Å². The van der Waals surface area contributed by atoms with E-state index in [1.807, 2.05) is 24.6 Å². The smallest absolute Gasteiger partial charge is 0.262 e. The van der Waals surface area contributed by atoms with Crippen LogP contribution in [0.15, 0.2) is 33.9 Å². The maximum absolute atomic E-state index is 12.4. The van der Waals surface area contributed by atoms with Crippen LogP contribution >= 0.6 is 11.3 Å². The number of hydrogen-bond acceptors (Lipinski definition) is 4. The Morgan fingerprint density at radius 3 is 2.21 bits per heavy atom. The summed E-state index contributed by atoms with van der Waals surface area (Å²) in [4.78, 5) is 0.345. The maximum atomic E-state index is 12.4. The fourth-order valence-electron chi connectivity index (χ4n) is 2.05. The molecule has 2 N–H and O–H groups in total. The molecule has 2 rings (SSSR count). The van der Waals surface area contributed by atoms with Gasteiger partial charge in [0.15, 0.2) is 0 Å². The molecule has 0 unspecified atom stereocenters. The summed E-state index contributed by atoms with van der Waals surface area (Å²) in [5, 5.41) is 6.62. The Morgan fingerprint density at radius 2 is 1.74 bits per heavy atom. The van der Waals surface area contributed by atoms with Crippen LogP contribution in [0.1, 0.15) is 11.1 Å². The van der Waals surface area contributed by atoms with E-state index in [9.17, 15) is 8.42 Å². The first kappa shape index (κ1) is 13.9. The molecule has 0 aliphatic rings. The van der Waals surface area contributed by atoms with E-state index in [-0.39, 0.29) is 0 Å². The SMILES string of the molecule is CNc1cc(C)c(S(=O)(=O)Nc2ccsc2)c(C)c1. The topological polar surface area (TPSA) is 58.2 Å². The lowest BCUT2D eigenvalue weighted by Crippen LogP contribution is -2.15. The number of rotatable bonds is 4. The third kappa shape index (κ3) is 2.90. The van der Waals surface area contributed by atoms with Crippen LogP contribution in [0.5, 0.6) is 0 Å². The summed E-state index contributed by atoms with van der Waals surface area (Å²) < 4.78 is 27.4. The highest BCUT2D eigenvalue weighted by molar-refractivity contribution is 7.92. The van der Waals surface area contributed by atoms with Crippen LogP contribution in [0.3, 0.4) is 0 Å². The Bertz CT molecular complexity index is 654. The van der Waals surface area contributed by atoms with Crippen molar-refractivity contribution in [1.82, 2.24) is 0 Å². The monoisotopic (exact) mass is 296 g/mol. The lowest BCUT2D eigenvalue weighted by molar-refractivity contribution is 0.600. The van der Waals surface area contributed by atoms with E-state index < -0.39 is 10.0 Å². The third-order valence-corrected chi connectivity index (χ3v) is 5.16. The molecule has 4 nitrogen and oxygen atoms in total. The number of aryl methyl sites for hydroxylation is 2. The number of nitrogens with one attached hydrogen (secondary N) is 2. The Kier molecular flexibility index (Phi) is 3.82. The Hall–Kier alpha value is -1.53. The molecule has 1 heterocycles.